The van der Waals surface area contributed by atoms with Gasteiger partial charge in [-0.05, 0) is 25.8 Å². The highest BCUT2D eigenvalue weighted by molar-refractivity contribution is 5.77. The molecule has 1 aromatic rings. The molecule has 2 rings (SSSR count). The summed E-state index contributed by atoms with van der Waals surface area (Å²) in [6.07, 6.45) is 0.942. The molecule has 21 heavy (non-hydrogen) atoms. The first kappa shape index (κ1) is 16.0. The number of hydrogen-bond donors (Lipinski definition) is 1. The largest absolute Gasteiger partial charge is 0.363 e. The lowest BCUT2D eigenvalue weighted by atomic mass is 10.0. The van der Waals surface area contributed by atoms with Crippen LogP contribution in [0.5, 0.6) is 0 Å². The van der Waals surface area contributed by atoms with Crippen LogP contribution in [0.15, 0.2) is 30.3 Å². The van der Waals surface area contributed by atoms with Gasteiger partial charge in [-0.1, -0.05) is 37.3 Å². The van der Waals surface area contributed by atoms with Gasteiger partial charge in [0.05, 0.1) is 5.60 Å². The number of nitrogens with one attached hydrogen (secondary N) is 1. The van der Waals surface area contributed by atoms with Gasteiger partial charge in [0, 0.05) is 25.7 Å². The molecule has 4 heteroatoms. The first-order valence-corrected chi connectivity index (χ1v) is 7.72. The summed E-state index contributed by atoms with van der Waals surface area (Å²) < 4.78 is 5.79. The molecule has 0 aliphatic carbocycles. The number of hydrogen-bond acceptors (Lipinski definition) is 3. The molecule has 0 bridgehead atoms. The van der Waals surface area contributed by atoms with Crippen molar-refractivity contribution in [1.82, 2.24) is 10.2 Å². The number of carbonyl (C=O) groups excluding carboxylic acids is 1. The van der Waals surface area contributed by atoms with Gasteiger partial charge in [-0.3, -0.25) is 4.79 Å². The Labute approximate surface area is 127 Å². The van der Waals surface area contributed by atoms with Gasteiger partial charge < -0.3 is 15.0 Å². The predicted octanol–water partition coefficient (Wildman–Crippen LogP) is 2.19. The van der Waals surface area contributed by atoms with Crippen molar-refractivity contribution in [3.8, 4) is 0 Å². The molecule has 1 amide bonds. The maximum Gasteiger partial charge on any atom is 0.249 e. The summed E-state index contributed by atoms with van der Waals surface area (Å²) in [5.74, 6) is 0.0707. The Kier molecular flexibility index (Phi) is 5.37. The second-order valence-corrected chi connectivity index (χ2v) is 6.11. The number of rotatable bonds is 7. The molecule has 1 aliphatic heterocycles. The zero-order chi connectivity index (χ0) is 15.3. The minimum atomic E-state index is -0.177. The van der Waals surface area contributed by atoms with E-state index in [1.54, 1.807) is 0 Å². The molecule has 0 spiro atoms. The van der Waals surface area contributed by atoms with Crippen LogP contribution in [-0.2, 0) is 16.1 Å². The summed E-state index contributed by atoms with van der Waals surface area (Å²) in [5.41, 5.74) is 0.978. The van der Waals surface area contributed by atoms with E-state index < -0.39 is 0 Å². The zero-order valence-electron chi connectivity index (χ0n) is 13.3. The first-order chi connectivity index (χ1) is 10.0. The van der Waals surface area contributed by atoms with E-state index in [9.17, 15) is 4.79 Å². The molecule has 116 valence electrons. The standard InChI is InChI=1S/C17H26N2O2/c1-4-14(2)19(10-15-8-6-5-7-9-15)16(20)11-21-17(3)12-18-13-17/h5-9,14,18H,4,10-13H2,1-3H3. The summed E-state index contributed by atoms with van der Waals surface area (Å²) in [7, 11) is 0. The van der Waals surface area contributed by atoms with Crippen LogP contribution < -0.4 is 5.32 Å². The molecule has 1 atom stereocenters. The third-order valence-electron chi connectivity index (χ3n) is 4.18. The van der Waals surface area contributed by atoms with Crippen LogP contribution in [-0.4, -0.2) is 42.1 Å². The normalized spacial score (nSPS) is 17.9. The van der Waals surface area contributed by atoms with Gasteiger partial charge in [0.1, 0.15) is 6.61 Å². The van der Waals surface area contributed by atoms with E-state index >= 15 is 0 Å². The molecule has 1 heterocycles. The van der Waals surface area contributed by atoms with Gasteiger partial charge in [-0.25, -0.2) is 0 Å². The number of benzene rings is 1. The Hall–Kier alpha value is -1.39. The molecule has 1 unspecified atom stereocenters. The highest BCUT2D eigenvalue weighted by Crippen LogP contribution is 2.17. The average Bonchev–Trinajstić information content (AvgIpc) is 2.48. The average molecular weight is 290 g/mol. The molecule has 1 saturated heterocycles. The fourth-order valence-electron chi connectivity index (χ4n) is 2.39. The van der Waals surface area contributed by atoms with Crippen molar-refractivity contribution >= 4 is 5.91 Å². The lowest BCUT2D eigenvalue weighted by molar-refractivity contribution is -0.148. The van der Waals surface area contributed by atoms with Crippen molar-refractivity contribution < 1.29 is 9.53 Å². The molecular formula is C17H26N2O2. The fraction of sp³-hybridized carbons (Fsp3) is 0.588. The van der Waals surface area contributed by atoms with Crippen molar-refractivity contribution in [3.05, 3.63) is 35.9 Å². The Morgan fingerprint density at radius 1 is 1.38 bits per heavy atom. The van der Waals surface area contributed by atoms with Gasteiger partial charge in [0.2, 0.25) is 5.91 Å². The van der Waals surface area contributed by atoms with E-state index in [-0.39, 0.29) is 24.2 Å². The van der Waals surface area contributed by atoms with E-state index in [4.69, 9.17) is 4.74 Å². The van der Waals surface area contributed by atoms with Crippen LogP contribution in [0.1, 0.15) is 32.8 Å². The molecule has 0 aromatic heterocycles. The van der Waals surface area contributed by atoms with Crippen LogP contribution in [0.2, 0.25) is 0 Å². The highest BCUT2D eigenvalue weighted by atomic mass is 16.5. The lowest BCUT2D eigenvalue weighted by Gasteiger charge is -2.39. The highest BCUT2D eigenvalue weighted by Gasteiger charge is 2.33. The van der Waals surface area contributed by atoms with Gasteiger partial charge in [-0.2, -0.15) is 0 Å². The minimum Gasteiger partial charge on any atom is -0.363 e. The van der Waals surface area contributed by atoms with Crippen molar-refractivity contribution in [3.63, 3.8) is 0 Å². The monoisotopic (exact) mass is 290 g/mol. The molecule has 0 radical (unpaired) electrons. The van der Waals surface area contributed by atoms with Crippen LogP contribution in [0.3, 0.4) is 0 Å². The number of ether oxygens (including phenoxy) is 1. The van der Waals surface area contributed by atoms with Crippen LogP contribution in [0.25, 0.3) is 0 Å². The van der Waals surface area contributed by atoms with E-state index in [0.717, 1.165) is 25.1 Å². The second kappa shape index (κ2) is 7.05. The molecule has 0 saturated carbocycles. The van der Waals surface area contributed by atoms with Crippen molar-refractivity contribution in [2.45, 2.75) is 45.4 Å². The molecule has 1 aliphatic rings. The number of nitrogens with zero attached hydrogens (tertiary/aromatic N) is 1. The maximum absolute atomic E-state index is 12.5. The molecular weight excluding hydrogens is 264 g/mol. The first-order valence-electron chi connectivity index (χ1n) is 7.72. The Morgan fingerprint density at radius 2 is 2.05 bits per heavy atom. The Morgan fingerprint density at radius 3 is 2.57 bits per heavy atom. The van der Waals surface area contributed by atoms with Crippen molar-refractivity contribution in [1.29, 1.82) is 0 Å². The zero-order valence-corrected chi connectivity index (χ0v) is 13.3. The molecule has 1 N–H and O–H groups in total. The summed E-state index contributed by atoms with van der Waals surface area (Å²) >= 11 is 0. The Bertz CT molecular complexity index is 457. The summed E-state index contributed by atoms with van der Waals surface area (Å²) in [5, 5.41) is 3.18. The maximum atomic E-state index is 12.5. The van der Waals surface area contributed by atoms with E-state index in [1.807, 2.05) is 30.0 Å². The van der Waals surface area contributed by atoms with Crippen molar-refractivity contribution in [2.24, 2.45) is 0 Å². The smallest absolute Gasteiger partial charge is 0.249 e. The SMILES string of the molecule is CCC(C)N(Cc1ccccc1)C(=O)COC1(C)CNC1. The van der Waals surface area contributed by atoms with Crippen LogP contribution >= 0.6 is 0 Å². The summed E-state index contributed by atoms with van der Waals surface area (Å²) in [4.78, 5) is 14.4. The second-order valence-electron chi connectivity index (χ2n) is 6.11. The van der Waals surface area contributed by atoms with E-state index in [0.29, 0.717) is 6.54 Å². The number of carbonyl (C=O) groups is 1. The van der Waals surface area contributed by atoms with Crippen molar-refractivity contribution in [2.75, 3.05) is 19.7 Å². The third kappa shape index (κ3) is 4.29. The fourth-order valence-corrected chi connectivity index (χ4v) is 2.39. The molecule has 4 nitrogen and oxygen atoms in total. The van der Waals surface area contributed by atoms with Gasteiger partial charge >= 0.3 is 0 Å². The van der Waals surface area contributed by atoms with Gasteiger partial charge in [-0.15, -0.1) is 0 Å². The quantitative estimate of drug-likeness (QED) is 0.837. The van der Waals surface area contributed by atoms with E-state index in [2.05, 4.69) is 31.3 Å². The summed E-state index contributed by atoms with van der Waals surface area (Å²) in [6.45, 7) is 8.69. The topological polar surface area (TPSA) is 41.6 Å². The third-order valence-corrected chi connectivity index (χ3v) is 4.18. The van der Waals surface area contributed by atoms with Crippen LogP contribution in [0, 0.1) is 0 Å². The van der Waals surface area contributed by atoms with Gasteiger partial charge in [0.15, 0.2) is 0 Å². The van der Waals surface area contributed by atoms with Crippen LogP contribution in [0.4, 0.5) is 0 Å². The Balaban J connectivity index is 1.96. The predicted molar refractivity (Wildman–Crippen MR) is 84.0 cm³/mol. The number of amides is 1. The minimum absolute atomic E-state index is 0.0707. The molecule has 1 fully saturated rings. The lowest BCUT2D eigenvalue weighted by Crippen LogP contribution is -2.59. The molecule has 1 aromatic carbocycles. The summed E-state index contributed by atoms with van der Waals surface area (Å²) in [6, 6.07) is 10.3. The van der Waals surface area contributed by atoms with E-state index in [1.165, 1.54) is 0 Å². The van der Waals surface area contributed by atoms with Gasteiger partial charge in [0.25, 0.3) is 0 Å².